The second kappa shape index (κ2) is 10.6. The number of aromatic nitrogens is 3. The van der Waals surface area contributed by atoms with Crippen molar-refractivity contribution in [3.63, 3.8) is 0 Å². The Labute approximate surface area is 226 Å². The van der Waals surface area contributed by atoms with E-state index in [-0.39, 0.29) is 12.5 Å². The van der Waals surface area contributed by atoms with Gasteiger partial charge in [0, 0.05) is 22.0 Å². The lowest BCUT2D eigenvalue weighted by Crippen LogP contribution is -2.32. The maximum absolute atomic E-state index is 13.9. The van der Waals surface area contributed by atoms with Crippen LogP contribution in [0.25, 0.3) is 0 Å². The number of hydrogen-bond donors (Lipinski definition) is 2. The molecule has 3 aromatic carbocycles. The Balaban J connectivity index is 1.57. The molecule has 2 heterocycles. The van der Waals surface area contributed by atoms with Crippen molar-refractivity contribution in [3.8, 4) is 11.5 Å². The number of halogens is 1. The number of allylic oxidation sites excluding steroid dienone is 1. The summed E-state index contributed by atoms with van der Waals surface area (Å²) in [6.45, 7) is 6.14. The SMILES string of the molecule is COc1cccc([C@@H]2C(C(=O)Nc3ccc(C)cc3C)=C(C)Nc3ncnn32)c1OCc1ccc(Cl)cc1. The van der Waals surface area contributed by atoms with Crippen LogP contribution in [0.15, 0.2) is 78.3 Å². The topological polar surface area (TPSA) is 90.3 Å². The van der Waals surface area contributed by atoms with Crippen LogP contribution in [0.2, 0.25) is 5.02 Å². The van der Waals surface area contributed by atoms with Gasteiger partial charge in [0.05, 0.1) is 12.7 Å². The number of para-hydroxylation sites is 1. The van der Waals surface area contributed by atoms with Crippen LogP contribution < -0.4 is 20.1 Å². The molecule has 0 fully saturated rings. The van der Waals surface area contributed by atoms with Crippen LogP contribution in [0.1, 0.15) is 35.2 Å². The molecule has 38 heavy (non-hydrogen) atoms. The minimum absolute atomic E-state index is 0.250. The van der Waals surface area contributed by atoms with Crippen molar-refractivity contribution in [2.75, 3.05) is 17.7 Å². The van der Waals surface area contributed by atoms with Crippen molar-refractivity contribution in [2.45, 2.75) is 33.4 Å². The number of carbonyl (C=O) groups excluding carboxylic acids is 1. The van der Waals surface area contributed by atoms with Crippen LogP contribution in [-0.4, -0.2) is 27.8 Å². The molecular formula is C29H28ClN5O3. The van der Waals surface area contributed by atoms with Gasteiger partial charge in [-0.05, 0) is 56.2 Å². The van der Waals surface area contributed by atoms with Crippen LogP contribution in [-0.2, 0) is 11.4 Å². The lowest BCUT2D eigenvalue weighted by Gasteiger charge is -2.30. The van der Waals surface area contributed by atoms with Gasteiger partial charge in [-0.2, -0.15) is 10.1 Å². The summed E-state index contributed by atoms with van der Waals surface area (Å²) in [6, 6.07) is 18.4. The fourth-order valence-electron chi connectivity index (χ4n) is 4.62. The predicted molar refractivity (Wildman–Crippen MR) is 148 cm³/mol. The summed E-state index contributed by atoms with van der Waals surface area (Å²) in [7, 11) is 1.59. The molecule has 1 aliphatic rings. The van der Waals surface area contributed by atoms with Gasteiger partial charge in [-0.25, -0.2) is 4.68 Å². The highest BCUT2D eigenvalue weighted by atomic mass is 35.5. The first-order valence-corrected chi connectivity index (χ1v) is 12.5. The summed E-state index contributed by atoms with van der Waals surface area (Å²) in [4.78, 5) is 18.2. The minimum Gasteiger partial charge on any atom is -0.493 e. The summed E-state index contributed by atoms with van der Waals surface area (Å²) < 4.78 is 13.7. The maximum atomic E-state index is 13.9. The average Bonchev–Trinajstić information content (AvgIpc) is 3.37. The highest BCUT2D eigenvalue weighted by Gasteiger charge is 2.36. The Kier molecular flexibility index (Phi) is 7.07. The summed E-state index contributed by atoms with van der Waals surface area (Å²) in [5.41, 5.74) is 5.67. The molecule has 0 saturated heterocycles. The number of nitrogens with zero attached hydrogens (tertiary/aromatic N) is 3. The van der Waals surface area contributed by atoms with E-state index in [0.29, 0.717) is 33.7 Å². The second-order valence-electron chi connectivity index (χ2n) is 9.16. The molecule has 8 nitrogen and oxygen atoms in total. The van der Waals surface area contributed by atoms with Crippen molar-refractivity contribution in [3.05, 3.63) is 106 Å². The van der Waals surface area contributed by atoms with E-state index in [1.165, 1.54) is 6.33 Å². The summed E-state index contributed by atoms with van der Waals surface area (Å²) in [6.07, 6.45) is 1.46. The first-order chi connectivity index (χ1) is 18.4. The maximum Gasteiger partial charge on any atom is 0.255 e. The van der Waals surface area contributed by atoms with E-state index in [1.807, 2.05) is 81.4 Å². The first-order valence-electron chi connectivity index (χ1n) is 12.2. The molecule has 4 aromatic rings. The van der Waals surface area contributed by atoms with E-state index in [4.69, 9.17) is 21.1 Å². The van der Waals surface area contributed by atoms with Gasteiger partial charge >= 0.3 is 0 Å². The molecule has 1 amide bonds. The van der Waals surface area contributed by atoms with Gasteiger partial charge in [0.15, 0.2) is 11.5 Å². The molecule has 0 aliphatic carbocycles. The number of benzene rings is 3. The van der Waals surface area contributed by atoms with Crippen LogP contribution in [0, 0.1) is 13.8 Å². The molecular weight excluding hydrogens is 502 g/mol. The number of aryl methyl sites for hydroxylation is 2. The number of rotatable bonds is 7. The molecule has 0 unspecified atom stereocenters. The van der Waals surface area contributed by atoms with Crippen molar-refractivity contribution in [2.24, 2.45) is 0 Å². The zero-order valence-corrected chi connectivity index (χ0v) is 22.3. The largest absolute Gasteiger partial charge is 0.493 e. The molecule has 2 N–H and O–H groups in total. The fraction of sp³-hybridized carbons (Fsp3) is 0.207. The Morgan fingerprint density at radius 1 is 1.11 bits per heavy atom. The van der Waals surface area contributed by atoms with Crippen molar-refractivity contribution < 1.29 is 14.3 Å². The molecule has 0 spiro atoms. The predicted octanol–water partition coefficient (Wildman–Crippen LogP) is 6.06. The number of ether oxygens (including phenoxy) is 2. The standard InChI is InChI=1S/C29H28ClN5O3/c1-17-8-13-23(18(2)14-17)34-28(36)25-19(3)33-29-31-16-32-35(29)26(25)22-6-5-7-24(37-4)27(22)38-15-20-9-11-21(30)12-10-20/h5-14,16,26H,15H2,1-4H3,(H,34,36)(H,31,32,33)/t26-/m1/s1. The van der Waals surface area contributed by atoms with Crippen LogP contribution in [0.5, 0.6) is 11.5 Å². The van der Waals surface area contributed by atoms with Crippen molar-refractivity contribution >= 4 is 29.1 Å². The molecule has 1 atom stereocenters. The normalized spacial score (nSPS) is 14.5. The lowest BCUT2D eigenvalue weighted by atomic mass is 9.93. The zero-order valence-electron chi connectivity index (χ0n) is 21.6. The lowest BCUT2D eigenvalue weighted by molar-refractivity contribution is -0.113. The molecule has 1 aromatic heterocycles. The summed E-state index contributed by atoms with van der Waals surface area (Å²) in [5.74, 6) is 1.34. The number of anilines is 2. The number of nitrogens with one attached hydrogen (secondary N) is 2. The molecule has 5 rings (SSSR count). The number of fused-ring (bicyclic) bond motifs is 1. The van der Waals surface area contributed by atoms with E-state index < -0.39 is 6.04 Å². The van der Waals surface area contributed by atoms with E-state index in [9.17, 15) is 4.79 Å². The molecule has 0 saturated carbocycles. The fourth-order valence-corrected chi connectivity index (χ4v) is 4.74. The monoisotopic (exact) mass is 529 g/mol. The van der Waals surface area contributed by atoms with Gasteiger partial charge < -0.3 is 20.1 Å². The number of amides is 1. The van der Waals surface area contributed by atoms with E-state index in [0.717, 1.165) is 27.9 Å². The van der Waals surface area contributed by atoms with E-state index >= 15 is 0 Å². The van der Waals surface area contributed by atoms with E-state index in [2.05, 4.69) is 20.7 Å². The van der Waals surface area contributed by atoms with Gasteiger partial charge in [-0.1, -0.05) is 53.6 Å². The second-order valence-corrected chi connectivity index (χ2v) is 9.60. The molecule has 0 bridgehead atoms. The Hall–Kier alpha value is -4.30. The van der Waals surface area contributed by atoms with E-state index in [1.54, 1.807) is 11.8 Å². The summed E-state index contributed by atoms with van der Waals surface area (Å²) in [5, 5.41) is 11.4. The Morgan fingerprint density at radius 2 is 1.89 bits per heavy atom. The summed E-state index contributed by atoms with van der Waals surface area (Å²) >= 11 is 6.05. The van der Waals surface area contributed by atoms with Crippen LogP contribution in [0.3, 0.4) is 0 Å². The van der Waals surface area contributed by atoms with Gasteiger partial charge in [-0.15, -0.1) is 0 Å². The van der Waals surface area contributed by atoms with Gasteiger partial charge in [0.1, 0.15) is 19.0 Å². The molecule has 0 radical (unpaired) electrons. The van der Waals surface area contributed by atoms with Crippen LogP contribution in [0.4, 0.5) is 11.6 Å². The third kappa shape index (κ3) is 4.95. The average molecular weight is 530 g/mol. The number of methoxy groups -OCH3 is 1. The molecule has 1 aliphatic heterocycles. The Morgan fingerprint density at radius 3 is 2.63 bits per heavy atom. The first kappa shape index (κ1) is 25.4. The third-order valence-corrected chi connectivity index (χ3v) is 6.74. The molecule has 194 valence electrons. The van der Waals surface area contributed by atoms with Crippen LogP contribution >= 0.6 is 11.6 Å². The number of hydrogen-bond acceptors (Lipinski definition) is 6. The van der Waals surface area contributed by atoms with Crippen molar-refractivity contribution in [1.29, 1.82) is 0 Å². The minimum atomic E-state index is -0.616. The van der Waals surface area contributed by atoms with Gasteiger partial charge in [-0.3, -0.25) is 4.79 Å². The number of carbonyl (C=O) groups is 1. The zero-order chi connectivity index (χ0) is 26.8. The van der Waals surface area contributed by atoms with Gasteiger partial charge in [0.2, 0.25) is 5.95 Å². The highest BCUT2D eigenvalue weighted by Crippen LogP contribution is 2.43. The Bertz CT molecular complexity index is 1530. The third-order valence-electron chi connectivity index (χ3n) is 6.49. The smallest absolute Gasteiger partial charge is 0.255 e. The molecule has 9 heteroatoms. The highest BCUT2D eigenvalue weighted by molar-refractivity contribution is 6.30. The van der Waals surface area contributed by atoms with Crippen molar-refractivity contribution in [1.82, 2.24) is 14.8 Å². The van der Waals surface area contributed by atoms with Gasteiger partial charge in [0.25, 0.3) is 5.91 Å². The quantitative estimate of drug-likeness (QED) is 0.302.